The molecule has 0 aliphatic carbocycles. The summed E-state index contributed by atoms with van der Waals surface area (Å²) in [7, 11) is 1.62. The zero-order chi connectivity index (χ0) is 15.0. The number of hydrogen-bond acceptors (Lipinski definition) is 4. The van der Waals surface area contributed by atoms with Crippen LogP contribution in [0.3, 0.4) is 0 Å². The van der Waals surface area contributed by atoms with Gasteiger partial charge in [0, 0.05) is 17.5 Å². The van der Waals surface area contributed by atoms with Crippen molar-refractivity contribution in [2.24, 2.45) is 0 Å². The molecule has 21 heavy (non-hydrogen) atoms. The van der Waals surface area contributed by atoms with Crippen molar-refractivity contribution >= 4 is 22.3 Å². The van der Waals surface area contributed by atoms with Gasteiger partial charge in [-0.05, 0) is 18.6 Å². The maximum Gasteiger partial charge on any atom is 0.347 e. The Morgan fingerprint density at radius 2 is 2.19 bits per heavy atom. The zero-order valence-electron chi connectivity index (χ0n) is 11.7. The second kappa shape index (κ2) is 5.21. The van der Waals surface area contributed by atoms with E-state index in [9.17, 15) is 9.90 Å². The Morgan fingerprint density at radius 3 is 2.86 bits per heavy atom. The summed E-state index contributed by atoms with van der Waals surface area (Å²) in [5, 5.41) is 9.23. The number of imidazole rings is 1. The molecule has 2 heterocycles. The van der Waals surface area contributed by atoms with E-state index in [1.807, 2.05) is 41.8 Å². The Hall–Kier alpha value is -2.34. The molecule has 3 aromatic rings. The van der Waals surface area contributed by atoms with Crippen LogP contribution in [-0.2, 0) is 6.42 Å². The highest BCUT2D eigenvalue weighted by atomic mass is 32.1. The standard InChI is InChI=1S/C15H14N2O3S/c1-3-11-13(14(18)19)21-15-16-10(8-17(11)15)9-6-4-5-7-12(9)20-2/h4-8H,3H2,1-2H3,(H,18,19). The van der Waals surface area contributed by atoms with Crippen molar-refractivity contribution < 1.29 is 14.6 Å². The quantitative estimate of drug-likeness (QED) is 0.803. The number of rotatable bonds is 4. The van der Waals surface area contributed by atoms with Crippen LogP contribution in [0.4, 0.5) is 0 Å². The highest BCUT2D eigenvalue weighted by Gasteiger charge is 2.19. The van der Waals surface area contributed by atoms with E-state index in [2.05, 4.69) is 4.98 Å². The van der Waals surface area contributed by atoms with Crippen LogP contribution in [0.25, 0.3) is 16.2 Å². The first-order valence-corrected chi connectivity index (χ1v) is 7.34. The average molecular weight is 302 g/mol. The lowest BCUT2D eigenvalue weighted by molar-refractivity contribution is 0.0700. The molecule has 0 saturated carbocycles. The van der Waals surface area contributed by atoms with Gasteiger partial charge in [0.1, 0.15) is 10.6 Å². The van der Waals surface area contributed by atoms with E-state index in [0.29, 0.717) is 16.3 Å². The molecule has 0 spiro atoms. The number of carbonyl (C=O) groups is 1. The van der Waals surface area contributed by atoms with Gasteiger partial charge in [-0.15, -0.1) is 0 Å². The third-order valence-corrected chi connectivity index (χ3v) is 4.42. The van der Waals surface area contributed by atoms with E-state index in [1.165, 1.54) is 11.3 Å². The third-order valence-electron chi connectivity index (χ3n) is 3.33. The molecular formula is C15H14N2O3S. The first-order chi connectivity index (χ1) is 10.2. The lowest BCUT2D eigenvalue weighted by Crippen LogP contribution is -1.99. The summed E-state index contributed by atoms with van der Waals surface area (Å²) in [4.78, 5) is 16.8. The number of methoxy groups -OCH3 is 1. The number of fused-ring (bicyclic) bond motifs is 1. The molecule has 2 aromatic heterocycles. The highest BCUT2D eigenvalue weighted by molar-refractivity contribution is 7.19. The molecule has 5 nitrogen and oxygen atoms in total. The van der Waals surface area contributed by atoms with Crippen molar-refractivity contribution in [3.63, 3.8) is 0 Å². The summed E-state index contributed by atoms with van der Waals surface area (Å²) in [5.41, 5.74) is 2.45. The molecular weight excluding hydrogens is 288 g/mol. The molecule has 108 valence electrons. The van der Waals surface area contributed by atoms with Crippen LogP contribution in [0.2, 0.25) is 0 Å². The van der Waals surface area contributed by atoms with Crippen LogP contribution in [0.1, 0.15) is 22.3 Å². The SMILES string of the molecule is CCc1c(C(=O)O)sc2nc(-c3ccccc3OC)cn12. The Morgan fingerprint density at radius 1 is 1.43 bits per heavy atom. The summed E-state index contributed by atoms with van der Waals surface area (Å²) >= 11 is 1.20. The van der Waals surface area contributed by atoms with Crippen molar-refractivity contribution in [3.8, 4) is 17.0 Å². The monoisotopic (exact) mass is 302 g/mol. The molecule has 0 unspecified atom stereocenters. The Kier molecular flexibility index (Phi) is 3.39. The molecule has 1 N–H and O–H groups in total. The van der Waals surface area contributed by atoms with Gasteiger partial charge in [-0.1, -0.05) is 30.4 Å². The number of ether oxygens (including phenoxy) is 1. The molecule has 0 bridgehead atoms. The van der Waals surface area contributed by atoms with Gasteiger partial charge in [0.2, 0.25) is 0 Å². The van der Waals surface area contributed by atoms with Gasteiger partial charge in [-0.2, -0.15) is 0 Å². The lowest BCUT2D eigenvalue weighted by Gasteiger charge is -2.04. The van der Waals surface area contributed by atoms with E-state index in [0.717, 1.165) is 22.7 Å². The predicted octanol–water partition coefficient (Wildman–Crippen LogP) is 3.33. The van der Waals surface area contributed by atoms with Crippen molar-refractivity contribution in [2.75, 3.05) is 7.11 Å². The number of thiazole rings is 1. The molecule has 0 aliphatic heterocycles. The molecule has 3 rings (SSSR count). The van der Waals surface area contributed by atoms with Crippen molar-refractivity contribution in [1.82, 2.24) is 9.38 Å². The summed E-state index contributed by atoms with van der Waals surface area (Å²) in [6.07, 6.45) is 2.51. The fourth-order valence-corrected chi connectivity index (χ4v) is 3.41. The van der Waals surface area contributed by atoms with Crippen LogP contribution in [0.5, 0.6) is 5.75 Å². The fraction of sp³-hybridized carbons (Fsp3) is 0.200. The second-order valence-electron chi connectivity index (χ2n) is 4.52. The number of nitrogens with zero attached hydrogens (tertiary/aromatic N) is 2. The Bertz CT molecular complexity index is 820. The molecule has 0 saturated heterocycles. The van der Waals surface area contributed by atoms with Gasteiger partial charge in [-0.25, -0.2) is 9.78 Å². The molecule has 6 heteroatoms. The largest absolute Gasteiger partial charge is 0.496 e. The van der Waals surface area contributed by atoms with Gasteiger partial charge in [-0.3, -0.25) is 4.40 Å². The van der Waals surface area contributed by atoms with Gasteiger partial charge >= 0.3 is 5.97 Å². The van der Waals surface area contributed by atoms with Gasteiger partial charge in [0.25, 0.3) is 0 Å². The summed E-state index contributed by atoms with van der Waals surface area (Å²) < 4.78 is 7.21. The summed E-state index contributed by atoms with van der Waals surface area (Å²) in [5.74, 6) is -0.152. The van der Waals surface area contributed by atoms with Gasteiger partial charge in [0.15, 0.2) is 4.96 Å². The Labute approximate surface area is 125 Å². The number of para-hydroxylation sites is 1. The van der Waals surface area contributed by atoms with E-state index < -0.39 is 5.97 Å². The van der Waals surface area contributed by atoms with Gasteiger partial charge < -0.3 is 9.84 Å². The van der Waals surface area contributed by atoms with Crippen molar-refractivity contribution in [2.45, 2.75) is 13.3 Å². The van der Waals surface area contributed by atoms with E-state index >= 15 is 0 Å². The van der Waals surface area contributed by atoms with Crippen LogP contribution < -0.4 is 4.74 Å². The summed E-state index contributed by atoms with van der Waals surface area (Å²) in [6, 6.07) is 7.65. The third kappa shape index (κ3) is 2.17. The number of aryl methyl sites for hydroxylation is 1. The summed E-state index contributed by atoms with van der Waals surface area (Å²) in [6.45, 7) is 1.94. The number of benzene rings is 1. The minimum atomic E-state index is -0.902. The van der Waals surface area contributed by atoms with Gasteiger partial charge in [0.05, 0.1) is 12.8 Å². The molecule has 0 radical (unpaired) electrons. The van der Waals surface area contributed by atoms with E-state index in [-0.39, 0.29) is 0 Å². The topological polar surface area (TPSA) is 63.8 Å². The van der Waals surface area contributed by atoms with Crippen molar-refractivity contribution in [1.29, 1.82) is 0 Å². The lowest BCUT2D eigenvalue weighted by atomic mass is 10.1. The molecule has 0 atom stereocenters. The van der Waals surface area contributed by atoms with E-state index in [1.54, 1.807) is 7.11 Å². The molecule has 0 amide bonds. The number of hydrogen-bond donors (Lipinski definition) is 1. The minimum absolute atomic E-state index is 0.353. The van der Waals surface area contributed by atoms with Crippen LogP contribution >= 0.6 is 11.3 Å². The minimum Gasteiger partial charge on any atom is -0.496 e. The van der Waals surface area contributed by atoms with E-state index in [4.69, 9.17) is 4.74 Å². The molecule has 0 aliphatic rings. The number of carboxylic acids is 1. The maximum atomic E-state index is 11.3. The molecule has 1 aromatic carbocycles. The highest BCUT2D eigenvalue weighted by Crippen LogP contribution is 2.32. The maximum absolute atomic E-state index is 11.3. The zero-order valence-corrected chi connectivity index (χ0v) is 12.5. The normalized spacial score (nSPS) is 11.0. The fourth-order valence-electron chi connectivity index (χ4n) is 2.37. The van der Waals surface area contributed by atoms with Crippen LogP contribution in [0.15, 0.2) is 30.5 Å². The van der Waals surface area contributed by atoms with Crippen LogP contribution in [0, 0.1) is 0 Å². The first kappa shape index (κ1) is 13.6. The average Bonchev–Trinajstić information content (AvgIpc) is 3.04. The number of carboxylic acid groups (broad SMARTS) is 1. The predicted molar refractivity (Wildman–Crippen MR) is 81.4 cm³/mol. The number of aromatic carboxylic acids is 1. The van der Waals surface area contributed by atoms with Crippen LogP contribution in [-0.4, -0.2) is 27.6 Å². The Balaban J connectivity index is 2.18. The number of aromatic nitrogens is 2. The smallest absolute Gasteiger partial charge is 0.347 e. The molecule has 0 fully saturated rings. The first-order valence-electron chi connectivity index (χ1n) is 6.53. The van der Waals surface area contributed by atoms with Crippen molar-refractivity contribution in [3.05, 3.63) is 41.0 Å². The second-order valence-corrected chi connectivity index (χ2v) is 5.49.